The van der Waals surface area contributed by atoms with Crippen LogP contribution in [0.15, 0.2) is 48.7 Å². The van der Waals surface area contributed by atoms with Crippen molar-refractivity contribution in [1.29, 1.82) is 0 Å². The first-order valence-electron chi connectivity index (χ1n) is 8.40. The van der Waals surface area contributed by atoms with Gasteiger partial charge in [0.15, 0.2) is 5.69 Å². The number of nitrogens with one attached hydrogen (secondary N) is 2. The number of aryl methyl sites for hydroxylation is 1. The third-order valence-corrected chi connectivity index (χ3v) is 4.35. The van der Waals surface area contributed by atoms with Crippen LogP contribution >= 0.6 is 11.6 Å². The van der Waals surface area contributed by atoms with Gasteiger partial charge in [-0.15, -0.1) is 0 Å². The molecule has 0 radical (unpaired) electrons. The van der Waals surface area contributed by atoms with Crippen LogP contribution in [-0.2, 0) is 6.18 Å². The number of hydrogen-bond acceptors (Lipinski definition) is 4. The molecule has 0 saturated heterocycles. The van der Waals surface area contributed by atoms with Crippen molar-refractivity contribution in [3.63, 3.8) is 0 Å². The summed E-state index contributed by atoms with van der Waals surface area (Å²) in [6, 6.07) is 9.87. The molecule has 3 aromatic rings. The molecular weight excluding hydrogens is 425 g/mol. The molecule has 30 heavy (non-hydrogen) atoms. The van der Waals surface area contributed by atoms with Crippen LogP contribution in [0.25, 0.3) is 5.69 Å². The molecule has 156 valence electrons. The Hall–Kier alpha value is -3.53. The predicted molar refractivity (Wildman–Crippen MR) is 101 cm³/mol. The number of amides is 2. The van der Waals surface area contributed by atoms with Crippen LogP contribution in [0.1, 0.15) is 32.0 Å². The van der Waals surface area contributed by atoms with Crippen LogP contribution in [-0.4, -0.2) is 26.7 Å². The van der Waals surface area contributed by atoms with Gasteiger partial charge < -0.3 is 5.11 Å². The van der Waals surface area contributed by atoms with E-state index in [9.17, 15) is 27.9 Å². The molecule has 0 atom stereocenters. The van der Waals surface area contributed by atoms with Crippen molar-refractivity contribution >= 4 is 23.4 Å². The molecule has 0 bridgehead atoms. The fourth-order valence-corrected chi connectivity index (χ4v) is 2.88. The molecule has 3 N–H and O–H groups in total. The number of halogens is 4. The number of rotatable bonds is 3. The van der Waals surface area contributed by atoms with Gasteiger partial charge in [-0.25, -0.2) is 4.68 Å². The van der Waals surface area contributed by atoms with E-state index >= 15 is 0 Å². The van der Waals surface area contributed by atoms with Crippen molar-refractivity contribution in [3.8, 4) is 11.4 Å². The van der Waals surface area contributed by atoms with Crippen LogP contribution in [0.5, 0.6) is 5.75 Å². The van der Waals surface area contributed by atoms with Crippen LogP contribution < -0.4 is 10.9 Å². The molecular formula is C19H14ClF3N4O3. The molecule has 1 aromatic heterocycles. The average Bonchev–Trinajstić information content (AvgIpc) is 3.13. The van der Waals surface area contributed by atoms with E-state index in [4.69, 9.17) is 11.6 Å². The van der Waals surface area contributed by atoms with Crippen LogP contribution in [0.3, 0.4) is 0 Å². The number of carbonyl (C=O) groups is 2. The minimum Gasteiger partial charge on any atom is -0.507 e. The van der Waals surface area contributed by atoms with Crippen LogP contribution in [0.4, 0.5) is 13.2 Å². The van der Waals surface area contributed by atoms with Crippen molar-refractivity contribution in [3.05, 3.63) is 76.1 Å². The Morgan fingerprint density at radius 3 is 2.33 bits per heavy atom. The van der Waals surface area contributed by atoms with Crippen molar-refractivity contribution in [2.45, 2.75) is 13.1 Å². The van der Waals surface area contributed by atoms with E-state index in [0.717, 1.165) is 18.3 Å². The second kappa shape index (κ2) is 8.07. The van der Waals surface area contributed by atoms with Gasteiger partial charge in [-0.1, -0.05) is 29.8 Å². The predicted octanol–water partition coefficient (Wildman–Crippen LogP) is 3.63. The number of hydrazine groups is 1. The monoisotopic (exact) mass is 438 g/mol. The maximum atomic E-state index is 13.7. The molecule has 1 heterocycles. The summed E-state index contributed by atoms with van der Waals surface area (Å²) in [5.74, 6) is -2.63. The summed E-state index contributed by atoms with van der Waals surface area (Å²) in [4.78, 5) is 24.5. The molecule has 3 rings (SSSR count). The van der Waals surface area contributed by atoms with Crippen LogP contribution in [0.2, 0.25) is 5.02 Å². The number of hydrogen-bond donors (Lipinski definition) is 3. The van der Waals surface area contributed by atoms with E-state index < -0.39 is 35.0 Å². The fourth-order valence-electron chi connectivity index (χ4n) is 2.71. The third-order valence-electron chi connectivity index (χ3n) is 4.12. The number of phenols is 1. The Morgan fingerprint density at radius 2 is 1.70 bits per heavy atom. The van der Waals surface area contributed by atoms with Gasteiger partial charge in [-0.05, 0) is 36.8 Å². The number of aromatic hydroxyl groups is 1. The highest BCUT2D eigenvalue weighted by Crippen LogP contribution is 2.34. The van der Waals surface area contributed by atoms with E-state index in [0.29, 0.717) is 10.2 Å². The summed E-state index contributed by atoms with van der Waals surface area (Å²) < 4.78 is 41.7. The Morgan fingerprint density at radius 1 is 1.07 bits per heavy atom. The molecule has 0 fully saturated rings. The topological polar surface area (TPSA) is 96.3 Å². The highest BCUT2D eigenvalue weighted by molar-refractivity contribution is 6.31. The Balaban J connectivity index is 1.89. The molecule has 2 amide bonds. The molecule has 0 aliphatic heterocycles. The first-order valence-corrected chi connectivity index (χ1v) is 8.78. The van der Waals surface area contributed by atoms with Gasteiger partial charge in [0.25, 0.3) is 11.8 Å². The van der Waals surface area contributed by atoms with Crippen molar-refractivity contribution < 1.29 is 27.9 Å². The number of phenolic OH excluding ortho intramolecular Hbond substituents is 1. The minimum atomic E-state index is -4.90. The summed E-state index contributed by atoms with van der Waals surface area (Å²) >= 11 is 5.75. The molecule has 2 aromatic carbocycles. The third kappa shape index (κ3) is 4.23. The molecule has 7 nitrogen and oxygen atoms in total. The highest BCUT2D eigenvalue weighted by Gasteiger charge is 2.40. The maximum absolute atomic E-state index is 13.7. The zero-order valence-electron chi connectivity index (χ0n) is 15.3. The first-order chi connectivity index (χ1) is 14.1. The SMILES string of the molecule is Cc1ccccc1-n1ncc(C(=O)NNC(=O)c2cc(Cl)ccc2O)c1C(F)(F)F. The van der Waals surface area contributed by atoms with Crippen molar-refractivity contribution in [1.82, 2.24) is 20.6 Å². The first kappa shape index (κ1) is 21.2. The fraction of sp³-hybridized carbons (Fsp3) is 0.105. The summed E-state index contributed by atoms with van der Waals surface area (Å²) in [5, 5.41) is 13.6. The largest absolute Gasteiger partial charge is 0.507 e. The van der Waals surface area contributed by atoms with Crippen LogP contribution in [0, 0.1) is 6.92 Å². The number of carbonyl (C=O) groups excluding carboxylic acids is 2. The lowest BCUT2D eigenvalue weighted by Gasteiger charge is -2.14. The van der Waals surface area contributed by atoms with Gasteiger partial charge in [-0.3, -0.25) is 20.4 Å². The van der Waals surface area contributed by atoms with Gasteiger partial charge in [0, 0.05) is 5.02 Å². The van der Waals surface area contributed by atoms with Gasteiger partial charge >= 0.3 is 6.18 Å². The average molecular weight is 439 g/mol. The van der Waals surface area contributed by atoms with E-state index in [2.05, 4.69) is 5.10 Å². The molecule has 0 aliphatic rings. The van der Waals surface area contributed by atoms with Gasteiger partial charge in [0.2, 0.25) is 0 Å². The lowest BCUT2D eigenvalue weighted by atomic mass is 10.2. The summed E-state index contributed by atoms with van der Waals surface area (Å²) in [6.45, 7) is 1.61. The minimum absolute atomic E-state index is 0.142. The summed E-state index contributed by atoms with van der Waals surface area (Å²) in [5.41, 5.74) is 2.14. The van der Waals surface area contributed by atoms with Crippen molar-refractivity contribution in [2.75, 3.05) is 0 Å². The number of nitrogens with zero attached hydrogens (tertiary/aromatic N) is 2. The van der Waals surface area contributed by atoms with E-state index in [1.54, 1.807) is 25.1 Å². The zero-order valence-corrected chi connectivity index (χ0v) is 16.0. The Labute approximate surface area is 173 Å². The lowest BCUT2D eigenvalue weighted by molar-refractivity contribution is -0.143. The Bertz CT molecular complexity index is 1130. The summed E-state index contributed by atoms with van der Waals surface area (Å²) in [7, 11) is 0. The van der Waals surface area contributed by atoms with Gasteiger partial charge in [-0.2, -0.15) is 18.3 Å². The normalized spacial score (nSPS) is 11.2. The molecule has 0 saturated carbocycles. The maximum Gasteiger partial charge on any atom is 0.434 e. The number of alkyl halides is 3. The number of benzene rings is 2. The van der Waals surface area contributed by atoms with Gasteiger partial charge in [0.05, 0.1) is 23.0 Å². The number of para-hydroxylation sites is 1. The van der Waals surface area contributed by atoms with E-state index in [-0.39, 0.29) is 16.3 Å². The smallest absolute Gasteiger partial charge is 0.434 e. The second-order valence-electron chi connectivity index (χ2n) is 6.17. The highest BCUT2D eigenvalue weighted by atomic mass is 35.5. The second-order valence-corrected chi connectivity index (χ2v) is 6.61. The van der Waals surface area contributed by atoms with Crippen molar-refractivity contribution in [2.24, 2.45) is 0 Å². The lowest BCUT2D eigenvalue weighted by Crippen LogP contribution is -2.42. The van der Waals surface area contributed by atoms with E-state index in [1.807, 2.05) is 10.9 Å². The zero-order chi connectivity index (χ0) is 22.1. The quantitative estimate of drug-likeness (QED) is 0.544. The van der Waals surface area contributed by atoms with E-state index in [1.165, 1.54) is 12.1 Å². The van der Waals surface area contributed by atoms with Gasteiger partial charge in [0.1, 0.15) is 5.75 Å². The standard InChI is InChI=1S/C19H14ClF3N4O3/c1-10-4-2-3-5-14(10)27-16(19(21,22)23)13(9-24-27)18(30)26-25-17(29)12-8-11(20)6-7-15(12)28/h2-9,28H,1H3,(H,25,29)(H,26,30). The number of aromatic nitrogens is 2. The molecule has 0 aliphatic carbocycles. The molecule has 0 spiro atoms. The molecule has 11 heteroatoms. The molecule has 0 unspecified atom stereocenters. The summed E-state index contributed by atoms with van der Waals surface area (Å²) in [6.07, 6.45) is -4.14. The Kier molecular flexibility index (Phi) is 5.70.